The maximum Gasteiger partial charge on any atom is 0.0789 e. The van der Waals surface area contributed by atoms with Crippen LogP contribution < -0.4 is 0 Å². The molecule has 2 heteroatoms. The van der Waals surface area contributed by atoms with Gasteiger partial charge in [-0.05, 0) is 52.1 Å². The first-order valence-electron chi connectivity index (χ1n) is 13.7. The summed E-state index contributed by atoms with van der Waals surface area (Å²) < 4.78 is 5.11. The van der Waals surface area contributed by atoms with E-state index >= 15 is 0 Å². The number of para-hydroxylation sites is 3. The molecule has 3 heterocycles. The molecule has 10 rings (SSSR count). The topological polar surface area (TPSA) is 9.86 Å². The van der Waals surface area contributed by atoms with Gasteiger partial charge < -0.3 is 9.13 Å². The maximum absolute atomic E-state index is 2.56. The third-order valence-electron chi connectivity index (χ3n) is 9.13. The van der Waals surface area contributed by atoms with Crippen LogP contribution >= 0.6 is 0 Å². The number of aromatic nitrogens is 2. The Kier molecular flexibility index (Phi) is 3.51. The Morgan fingerprint density at radius 2 is 0.923 bits per heavy atom. The van der Waals surface area contributed by atoms with Crippen molar-refractivity contribution in [1.82, 2.24) is 9.13 Å². The molecule has 1 atom stereocenters. The van der Waals surface area contributed by atoms with Crippen molar-refractivity contribution in [1.29, 1.82) is 0 Å². The van der Waals surface area contributed by atoms with Crippen LogP contribution in [0.5, 0.6) is 0 Å². The minimum Gasteiger partial charge on any atom is -0.307 e. The molecule has 0 fully saturated rings. The molecule has 180 valence electrons. The molecule has 0 radical (unpaired) electrons. The summed E-state index contributed by atoms with van der Waals surface area (Å²) in [6.45, 7) is 0. The number of rotatable bonds is 0. The molecule has 0 N–H and O–H groups in total. The van der Waals surface area contributed by atoms with E-state index in [9.17, 15) is 0 Å². The van der Waals surface area contributed by atoms with E-state index < -0.39 is 0 Å². The third-order valence-corrected chi connectivity index (χ3v) is 9.13. The van der Waals surface area contributed by atoms with Gasteiger partial charge in [0.2, 0.25) is 0 Å². The van der Waals surface area contributed by atoms with E-state index in [4.69, 9.17) is 0 Å². The van der Waals surface area contributed by atoms with E-state index in [2.05, 4.69) is 137 Å². The minimum absolute atomic E-state index is 0.144. The molecule has 6 aromatic carbocycles. The van der Waals surface area contributed by atoms with E-state index in [0.717, 1.165) is 0 Å². The molecule has 0 saturated carbocycles. The zero-order chi connectivity index (χ0) is 25.2. The van der Waals surface area contributed by atoms with Crippen LogP contribution in [-0.4, -0.2) is 9.13 Å². The molecular weight excluding hydrogens is 472 g/mol. The number of hydrogen-bond donors (Lipinski definition) is 0. The predicted molar refractivity (Wildman–Crippen MR) is 162 cm³/mol. The highest BCUT2D eigenvalue weighted by Crippen LogP contribution is 2.54. The summed E-state index contributed by atoms with van der Waals surface area (Å²) in [5.41, 5.74) is 14.4. The molecule has 1 unspecified atom stereocenters. The Labute approximate surface area is 225 Å². The highest BCUT2D eigenvalue weighted by Gasteiger charge is 2.36. The zero-order valence-corrected chi connectivity index (χ0v) is 21.1. The summed E-state index contributed by atoms with van der Waals surface area (Å²) >= 11 is 0. The van der Waals surface area contributed by atoms with Gasteiger partial charge in [0.25, 0.3) is 0 Å². The van der Waals surface area contributed by atoms with Gasteiger partial charge in [0.05, 0.1) is 33.4 Å². The van der Waals surface area contributed by atoms with Crippen molar-refractivity contribution >= 4 is 43.6 Å². The summed E-state index contributed by atoms with van der Waals surface area (Å²) in [5, 5.41) is 5.18. The summed E-state index contributed by atoms with van der Waals surface area (Å²) in [6.07, 6.45) is 0. The summed E-state index contributed by atoms with van der Waals surface area (Å²) in [7, 11) is 0. The van der Waals surface area contributed by atoms with Crippen LogP contribution in [0.2, 0.25) is 0 Å². The second-order valence-electron chi connectivity index (χ2n) is 10.9. The van der Waals surface area contributed by atoms with E-state index in [1.165, 1.54) is 82.8 Å². The summed E-state index contributed by atoms with van der Waals surface area (Å²) in [6, 6.07) is 47.5. The van der Waals surface area contributed by atoms with E-state index in [1.54, 1.807) is 0 Å². The Morgan fingerprint density at radius 1 is 0.385 bits per heavy atom. The lowest BCUT2D eigenvalue weighted by Crippen LogP contribution is -2.07. The lowest BCUT2D eigenvalue weighted by molar-refractivity contribution is 0.972. The largest absolute Gasteiger partial charge is 0.307 e. The van der Waals surface area contributed by atoms with Gasteiger partial charge in [-0.15, -0.1) is 0 Å². The highest BCUT2D eigenvalue weighted by atomic mass is 15.1. The molecule has 2 nitrogen and oxygen atoms in total. The molecule has 0 bridgehead atoms. The summed E-state index contributed by atoms with van der Waals surface area (Å²) in [4.78, 5) is 0. The molecule has 1 aliphatic heterocycles. The fourth-order valence-electron chi connectivity index (χ4n) is 7.70. The molecular formula is C37H22N2. The average molecular weight is 495 g/mol. The quantitative estimate of drug-likeness (QED) is 0.199. The molecule has 39 heavy (non-hydrogen) atoms. The Bertz CT molecular complexity index is 2350. The normalized spacial score (nSPS) is 14.9. The van der Waals surface area contributed by atoms with Crippen LogP contribution in [0.3, 0.4) is 0 Å². The van der Waals surface area contributed by atoms with Gasteiger partial charge in [-0.25, -0.2) is 0 Å². The van der Waals surface area contributed by atoms with Crippen LogP contribution in [0.25, 0.3) is 66.1 Å². The van der Waals surface area contributed by atoms with Crippen LogP contribution in [-0.2, 0) is 0 Å². The first kappa shape index (κ1) is 20.0. The van der Waals surface area contributed by atoms with Gasteiger partial charge in [-0.2, -0.15) is 0 Å². The lowest BCUT2D eigenvalue weighted by Gasteiger charge is -2.21. The van der Waals surface area contributed by atoms with Crippen molar-refractivity contribution in [3.05, 3.63) is 144 Å². The van der Waals surface area contributed by atoms with Crippen molar-refractivity contribution < 1.29 is 0 Å². The van der Waals surface area contributed by atoms with Crippen molar-refractivity contribution in [3.8, 4) is 22.5 Å². The predicted octanol–water partition coefficient (Wildman–Crippen LogP) is 9.35. The molecule has 0 saturated heterocycles. The van der Waals surface area contributed by atoms with Crippen molar-refractivity contribution in [2.24, 2.45) is 0 Å². The molecule has 1 aliphatic carbocycles. The highest BCUT2D eigenvalue weighted by molar-refractivity contribution is 6.24. The van der Waals surface area contributed by atoms with Gasteiger partial charge in [0.1, 0.15) is 0 Å². The SMILES string of the molecule is c1ccc2c(c1)-c1cccc3c1C2c1ccccc1-n1c2ccccc2c2ccc4c5ccccc5n-3c4c21. The standard InChI is InChI=1S/C37H22N2/c1-2-13-25-22(10-1)26-15-9-19-33-35(26)34(25)29-14-5-8-18-32(29)38-30-16-6-3-11-23(30)27-20-21-28-24-12-4-7-17-31(24)39(33)37(28)36(27)38/h1-21,34H. The number of nitrogens with zero attached hydrogens (tertiary/aromatic N) is 2. The Morgan fingerprint density at radius 3 is 1.67 bits per heavy atom. The smallest absolute Gasteiger partial charge is 0.0789 e. The fourth-order valence-corrected chi connectivity index (χ4v) is 7.70. The summed E-state index contributed by atoms with van der Waals surface area (Å²) in [5.74, 6) is 0.144. The Balaban J connectivity index is 1.58. The monoisotopic (exact) mass is 494 g/mol. The van der Waals surface area contributed by atoms with Crippen LogP contribution in [0, 0.1) is 0 Å². The maximum atomic E-state index is 2.56. The van der Waals surface area contributed by atoms with E-state index in [1.807, 2.05) is 0 Å². The van der Waals surface area contributed by atoms with E-state index in [0.29, 0.717) is 0 Å². The van der Waals surface area contributed by atoms with E-state index in [-0.39, 0.29) is 5.92 Å². The zero-order valence-electron chi connectivity index (χ0n) is 21.1. The van der Waals surface area contributed by atoms with Crippen LogP contribution in [0.15, 0.2) is 127 Å². The first-order chi connectivity index (χ1) is 19.4. The Hall–Kier alpha value is -5.08. The second kappa shape index (κ2) is 6.86. The second-order valence-corrected chi connectivity index (χ2v) is 10.9. The van der Waals surface area contributed by atoms with Gasteiger partial charge >= 0.3 is 0 Å². The molecule has 8 aromatic rings. The number of hydrogen-bond acceptors (Lipinski definition) is 0. The van der Waals surface area contributed by atoms with Gasteiger partial charge in [-0.1, -0.05) is 103 Å². The van der Waals surface area contributed by atoms with Gasteiger partial charge in [0.15, 0.2) is 0 Å². The van der Waals surface area contributed by atoms with Crippen molar-refractivity contribution in [2.75, 3.05) is 0 Å². The molecule has 0 spiro atoms. The lowest BCUT2D eigenvalue weighted by atomic mass is 9.87. The van der Waals surface area contributed by atoms with Crippen molar-refractivity contribution in [3.63, 3.8) is 0 Å². The number of benzene rings is 6. The van der Waals surface area contributed by atoms with Crippen molar-refractivity contribution in [2.45, 2.75) is 5.92 Å². The third kappa shape index (κ3) is 2.26. The molecule has 2 aliphatic rings. The van der Waals surface area contributed by atoms with Gasteiger partial charge in [0, 0.05) is 27.5 Å². The van der Waals surface area contributed by atoms with Gasteiger partial charge in [-0.3, -0.25) is 0 Å². The minimum atomic E-state index is 0.144. The number of fused-ring (bicyclic) bond motifs is 13. The fraction of sp³-hybridized carbons (Fsp3) is 0.0270. The molecule has 0 amide bonds. The molecule has 2 aromatic heterocycles. The first-order valence-corrected chi connectivity index (χ1v) is 13.7. The van der Waals surface area contributed by atoms with Crippen LogP contribution in [0.4, 0.5) is 0 Å². The van der Waals surface area contributed by atoms with Crippen LogP contribution in [0.1, 0.15) is 22.6 Å². The average Bonchev–Trinajstić information content (AvgIpc) is 3.63.